The zero-order chi connectivity index (χ0) is 16.5. The van der Waals surface area contributed by atoms with Crippen LogP contribution in [0.1, 0.15) is 0 Å². The molecule has 2 aromatic heterocycles. The number of hydrogen-bond donors (Lipinski definition) is 2. The van der Waals surface area contributed by atoms with Crippen LogP contribution in [0.15, 0.2) is 36.4 Å². The Morgan fingerprint density at radius 3 is 2.58 bits per heavy atom. The first-order valence-electron chi connectivity index (χ1n) is 7.71. The van der Waals surface area contributed by atoms with Crippen LogP contribution >= 0.6 is 11.6 Å². The van der Waals surface area contributed by atoms with E-state index in [0.29, 0.717) is 24.1 Å². The second-order valence-electron chi connectivity index (χ2n) is 5.55. The molecule has 0 atom stereocenters. The molecule has 0 radical (unpaired) electrons. The van der Waals surface area contributed by atoms with E-state index in [4.69, 9.17) is 27.3 Å². The fourth-order valence-corrected chi connectivity index (χ4v) is 2.94. The maximum absolute atomic E-state index is 5.97. The van der Waals surface area contributed by atoms with Crippen LogP contribution in [0.2, 0.25) is 5.02 Å². The summed E-state index contributed by atoms with van der Waals surface area (Å²) in [5.41, 5.74) is 5.18. The number of hydrazine groups is 1. The molecule has 0 spiro atoms. The van der Waals surface area contributed by atoms with Crippen molar-refractivity contribution in [1.82, 2.24) is 14.6 Å². The predicted octanol–water partition coefficient (Wildman–Crippen LogP) is 2.17. The van der Waals surface area contributed by atoms with Gasteiger partial charge < -0.3 is 15.1 Å². The highest BCUT2D eigenvalue weighted by Crippen LogP contribution is 2.26. The predicted molar refractivity (Wildman–Crippen MR) is 94.3 cm³/mol. The van der Waals surface area contributed by atoms with Gasteiger partial charge in [-0.3, -0.25) is 0 Å². The van der Waals surface area contributed by atoms with E-state index in [9.17, 15) is 0 Å². The van der Waals surface area contributed by atoms with Crippen molar-refractivity contribution in [1.29, 1.82) is 0 Å². The van der Waals surface area contributed by atoms with Crippen molar-refractivity contribution in [2.75, 3.05) is 36.6 Å². The minimum Gasteiger partial charge on any atom is -0.378 e. The summed E-state index contributed by atoms with van der Waals surface area (Å²) in [6.07, 6.45) is 0. The van der Waals surface area contributed by atoms with E-state index in [1.54, 1.807) is 0 Å². The fraction of sp³-hybridized carbons (Fsp3) is 0.250. The molecule has 1 aromatic carbocycles. The molecule has 3 heterocycles. The number of halogens is 1. The molecule has 0 unspecified atom stereocenters. The number of fused-ring (bicyclic) bond motifs is 1. The Morgan fingerprint density at radius 1 is 1.12 bits per heavy atom. The van der Waals surface area contributed by atoms with Crippen LogP contribution < -0.4 is 16.2 Å². The van der Waals surface area contributed by atoms with E-state index >= 15 is 0 Å². The minimum atomic E-state index is 0.603. The third-order valence-corrected chi connectivity index (χ3v) is 4.28. The van der Waals surface area contributed by atoms with Crippen LogP contribution in [-0.4, -0.2) is 40.9 Å². The van der Waals surface area contributed by atoms with E-state index in [1.165, 1.54) is 0 Å². The summed E-state index contributed by atoms with van der Waals surface area (Å²) >= 11 is 5.97. The molecule has 8 heteroatoms. The van der Waals surface area contributed by atoms with E-state index in [1.807, 2.05) is 40.9 Å². The summed E-state index contributed by atoms with van der Waals surface area (Å²) < 4.78 is 7.28. The zero-order valence-corrected chi connectivity index (χ0v) is 13.7. The highest BCUT2D eigenvalue weighted by Gasteiger charge is 2.18. The molecule has 0 bridgehead atoms. The van der Waals surface area contributed by atoms with Crippen LogP contribution in [0.3, 0.4) is 0 Å². The van der Waals surface area contributed by atoms with Crippen molar-refractivity contribution in [2.24, 2.45) is 5.84 Å². The topological polar surface area (TPSA) is 80.7 Å². The molecule has 1 aliphatic rings. The number of anilines is 2. The molecule has 1 saturated heterocycles. The smallest absolute Gasteiger partial charge is 0.160 e. The van der Waals surface area contributed by atoms with Crippen LogP contribution in [0, 0.1) is 0 Å². The monoisotopic (exact) mass is 344 g/mol. The van der Waals surface area contributed by atoms with Crippen molar-refractivity contribution < 1.29 is 4.74 Å². The Bertz CT molecular complexity index is 857. The summed E-state index contributed by atoms with van der Waals surface area (Å²) in [6.45, 7) is 3.00. The molecule has 0 aliphatic carbocycles. The van der Waals surface area contributed by atoms with Crippen molar-refractivity contribution in [3.63, 3.8) is 0 Å². The van der Waals surface area contributed by atoms with Gasteiger partial charge in [-0.25, -0.2) is 10.8 Å². The number of nitrogens with zero attached hydrogens (tertiary/aromatic N) is 4. The molecular formula is C16H17ClN6O. The molecule has 3 N–H and O–H groups in total. The quantitative estimate of drug-likeness (QED) is 0.560. The van der Waals surface area contributed by atoms with Gasteiger partial charge >= 0.3 is 0 Å². The SMILES string of the molecule is NNc1cc(N2CCOCC2)n2nc(-c3ccc(Cl)cc3)cc2n1. The molecular weight excluding hydrogens is 328 g/mol. The number of morpholine rings is 1. The zero-order valence-electron chi connectivity index (χ0n) is 12.9. The Morgan fingerprint density at radius 2 is 1.88 bits per heavy atom. The third kappa shape index (κ3) is 2.77. The van der Waals surface area contributed by atoms with Crippen LogP contribution in [0.25, 0.3) is 16.9 Å². The van der Waals surface area contributed by atoms with Crippen LogP contribution in [-0.2, 0) is 4.74 Å². The first kappa shape index (κ1) is 15.2. The molecule has 3 aromatic rings. The lowest BCUT2D eigenvalue weighted by Gasteiger charge is -2.29. The first-order chi connectivity index (χ1) is 11.7. The lowest BCUT2D eigenvalue weighted by molar-refractivity contribution is 0.122. The fourth-order valence-electron chi connectivity index (χ4n) is 2.81. The van der Waals surface area contributed by atoms with Crippen molar-refractivity contribution in [2.45, 2.75) is 0 Å². The largest absolute Gasteiger partial charge is 0.378 e. The van der Waals surface area contributed by atoms with Crippen molar-refractivity contribution in [3.8, 4) is 11.3 Å². The normalized spacial score (nSPS) is 15.0. The summed E-state index contributed by atoms with van der Waals surface area (Å²) in [7, 11) is 0. The average molecular weight is 345 g/mol. The highest BCUT2D eigenvalue weighted by molar-refractivity contribution is 6.30. The lowest BCUT2D eigenvalue weighted by Crippen LogP contribution is -2.37. The molecule has 0 saturated carbocycles. The maximum atomic E-state index is 5.97. The Kier molecular flexibility index (Phi) is 3.97. The summed E-state index contributed by atoms with van der Waals surface area (Å²) in [6, 6.07) is 11.4. The van der Waals surface area contributed by atoms with Gasteiger partial charge in [-0.2, -0.15) is 9.61 Å². The average Bonchev–Trinajstić information content (AvgIpc) is 3.06. The van der Waals surface area contributed by atoms with Crippen LogP contribution in [0.5, 0.6) is 0 Å². The van der Waals surface area contributed by atoms with E-state index in [-0.39, 0.29) is 0 Å². The number of benzene rings is 1. The highest BCUT2D eigenvalue weighted by atomic mass is 35.5. The first-order valence-corrected chi connectivity index (χ1v) is 8.08. The molecule has 24 heavy (non-hydrogen) atoms. The Hall–Kier alpha value is -2.35. The molecule has 124 valence electrons. The molecule has 1 aliphatic heterocycles. The summed E-state index contributed by atoms with van der Waals surface area (Å²) in [5.74, 6) is 7.12. The van der Waals surface area contributed by atoms with Gasteiger partial charge in [0.05, 0.1) is 18.9 Å². The second-order valence-corrected chi connectivity index (χ2v) is 5.99. The van der Waals surface area contributed by atoms with Gasteiger partial charge in [0.2, 0.25) is 0 Å². The van der Waals surface area contributed by atoms with Gasteiger partial charge in [0.15, 0.2) is 5.65 Å². The number of nitrogens with two attached hydrogens (primary N) is 1. The number of ether oxygens (including phenoxy) is 1. The van der Waals surface area contributed by atoms with E-state index < -0.39 is 0 Å². The summed E-state index contributed by atoms with van der Waals surface area (Å²) in [5, 5.41) is 5.42. The number of hydrogen-bond acceptors (Lipinski definition) is 6. The number of nitrogens with one attached hydrogen (secondary N) is 1. The Labute approximate surface area is 144 Å². The minimum absolute atomic E-state index is 0.603. The van der Waals surface area contributed by atoms with E-state index in [0.717, 1.165) is 35.8 Å². The number of rotatable bonds is 3. The van der Waals surface area contributed by atoms with Gasteiger partial charge in [0.25, 0.3) is 0 Å². The Balaban J connectivity index is 1.83. The summed E-state index contributed by atoms with van der Waals surface area (Å²) in [4.78, 5) is 6.71. The maximum Gasteiger partial charge on any atom is 0.160 e. The van der Waals surface area contributed by atoms with Crippen molar-refractivity contribution in [3.05, 3.63) is 41.4 Å². The molecule has 1 fully saturated rings. The van der Waals surface area contributed by atoms with Gasteiger partial charge in [-0.15, -0.1) is 0 Å². The number of aromatic nitrogens is 3. The standard InChI is InChI=1S/C16H17ClN6O/c17-12-3-1-11(2-4-12)13-9-15-19-14(20-18)10-16(23(15)21-13)22-5-7-24-8-6-22/h1-4,9-10H,5-8,18H2,(H,19,20). The van der Waals surface area contributed by atoms with E-state index in [2.05, 4.69) is 15.3 Å². The van der Waals surface area contributed by atoms with Gasteiger partial charge in [-0.1, -0.05) is 23.7 Å². The van der Waals surface area contributed by atoms with Gasteiger partial charge in [-0.05, 0) is 12.1 Å². The number of nitrogen functional groups attached to an aromatic ring is 1. The van der Waals surface area contributed by atoms with Gasteiger partial charge in [0.1, 0.15) is 11.6 Å². The van der Waals surface area contributed by atoms with Gasteiger partial charge in [0, 0.05) is 35.8 Å². The second kappa shape index (κ2) is 6.27. The molecule has 7 nitrogen and oxygen atoms in total. The molecule has 4 rings (SSSR count). The van der Waals surface area contributed by atoms with Crippen molar-refractivity contribution >= 4 is 28.9 Å². The van der Waals surface area contributed by atoms with Crippen LogP contribution in [0.4, 0.5) is 11.6 Å². The third-order valence-electron chi connectivity index (χ3n) is 4.03. The molecule has 0 amide bonds. The lowest BCUT2D eigenvalue weighted by atomic mass is 10.2.